The lowest BCUT2D eigenvalue weighted by Crippen LogP contribution is -1.61. The van der Waals surface area contributed by atoms with Crippen LogP contribution in [-0.4, -0.2) is 27.6 Å². The molecule has 4 nitrogen and oxygen atoms in total. The second-order valence-corrected chi connectivity index (χ2v) is 0.660. The van der Waals surface area contributed by atoms with E-state index in [-0.39, 0.29) is 0 Å². The van der Waals surface area contributed by atoms with E-state index in [1.54, 1.807) is 12.4 Å². The van der Waals surface area contributed by atoms with Crippen LogP contribution in [0, 0.1) is 0 Å². The first kappa shape index (κ1) is 6.10. The average molecular weight is 101 g/mol. The van der Waals surface area contributed by atoms with E-state index in [0.717, 1.165) is 7.11 Å². The molecule has 0 aliphatic heterocycles. The fraction of sp³-hybridized carbons (Fsp3) is 0.333. The summed E-state index contributed by atoms with van der Waals surface area (Å²) in [7, 11) is 1.00. The van der Waals surface area contributed by atoms with Gasteiger partial charge in [-0.15, -0.1) is 5.10 Å². The fourth-order valence-corrected chi connectivity index (χ4v) is 0.167. The summed E-state index contributed by atoms with van der Waals surface area (Å²) in [6.45, 7) is 0. The molecule has 0 amide bonds. The third kappa shape index (κ3) is 2.92. The Morgan fingerprint density at radius 2 is 2.29 bits per heavy atom. The van der Waals surface area contributed by atoms with Crippen LogP contribution in [-0.2, 0) is 0 Å². The van der Waals surface area contributed by atoms with Crippen LogP contribution in [0.2, 0.25) is 0 Å². The number of H-pyrrole nitrogens is 1. The molecular weight excluding hydrogens is 94.1 g/mol. The predicted molar refractivity (Wildman–Crippen MR) is 24.5 cm³/mol. The first-order valence-electron chi connectivity index (χ1n) is 1.75. The van der Waals surface area contributed by atoms with Gasteiger partial charge in [-0.3, -0.25) is 5.10 Å². The van der Waals surface area contributed by atoms with E-state index in [2.05, 4.69) is 15.4 Å². The summed E-state index contributed by atoms with van der Waals surface area (Å²) in [5.41, 5.74) is 0. The molecule has 1 heterocycles. The maximum atomic E-state index is 7.00. The lowest BCUT2D eigenvalue weighted by atomic mass is 11.0. The minimum Gasteiger partial charge on any atom is -0.400 e. The minimum atomic E-state index is 1.00. The van der Waals surface area contributed by atoms with Crippen molar-refractivity contribution in [1.82, 2.24) is 15.4 Å². The highest BCUT2D eigenvalue weighted by molar-refractivity contribution is 4.54. The molecule has 4 heteroatoms. The van der Waals surface area contributed by atoms with Crippen molar-refractivity contribution in [2.24, 2.45) is 0 Å². The highest BCUT2D eigenvalue weighted by atomic mass is 16.2. The van der Waals surface area contributed by atoms with Crippen molar-refractivity contribution in [3.63, 3.8) is 0 Å². The van der Waals surface area contributed by atoms with Crippen LogP contribution >= 0.6 is 0 Å². The van der Waals surface area contributed by atoms with Gasteiger partial charge in [-0.2, -0.15) is 0 Å². The summed E-state index contributed by atoms with van der Waals surface area (Å²) >= 11 is 0. The minimum absolute atomic E-state index is 1.00. The summed E-state index contributed by atoms with van der Waals surface area (Å²) in [6.07, 6.45) is 3.24. The van der Waals surface area contributed by atoms with Crippen molar-refractivity contribution in [3.05, 3.63) is 12.4 Å². The van der Waals surface area contributed by atoms with Gasteiger partial charge in [-0.1, -0.05) is 5.21 Å². The first-order chi connectivity index (χ1) is 3.50. The number of aromatic nitrogens is 3. The first-order valence-corrected chi connectivity index (χ1v) is 1.75. The number of nitrogens with zero attached hydrogens (tertiary/aromatic N) is 2. The summed E-state index contributed by atoms with van der Waals surface area (Å²) in [4.78, 5) is 0. The Labute approximate surface area is 41.2 Å². The van der Waals surface area contributed by atoms with Crippen LogP contribution in [0.15, 0.2) is 12.4 Å². The molecule has 1 aromatic heterocycles. The van der Waals surface area contributed by atoms with Gasteiger partial charge in [0, 0.05) is 13.3 Å². The molecule has 0 aromatic carbocycles. The highest BCUT2D eigenvalue weighted by Crippen LogP contribution is 1.55. The van der Waals surface area contributed by atoms with Gasteiger partial charge in [0.15, 0.2) is 0 Å². The van der Waals surface area contributed by atoms with Crippen LogP contribution in [0.1, 0.15) is 0 Å². The van der Waals surface area contributed by atoms with Gasteiger partial charge in [0.2, 0.25) is 0 Å². The average Bonchev–Trinajstić information content (AvgIpc) is 2.23. The monoisotopic (exact) mass is 101 g/mol. The molecule has 0 unspecified atom stereocenters. The number of rotatable bonds is 0. The van der Waals surface area contributed by atoms with Gasteiger partial charge < -0.3 is 5.11 Å². The van der Waals surface area contributed by atoms with Crippen molar-refractivity contribution in [3.8, 4) is 0 Å². The fourth-order valence-electron chi connectivity index (χ4n) is 0.167. The van der Waals surface area contributed by atoms with E-state index in [0.29, 0.717) is 0 Å². The van der Waals surface area contributed by atoms with Gasteiger partial charge >= 0.3 is 0 Å². The number of aliphatic hydroxyl groups is 1. The molecule has 7 heavy (non-hydrogen) atoms. The van der Waals surface area contributed by atoms with Crippen molar-refractivity contribution < 1.29 is 5.11 Å². The summed E-state index contributed by atoms with van der Waals surface area (Å²) in [6, 6.07) is 0. The number of aromatic amines is 1. The normalized spacial score (nSPS) is 6.57. The molecule has 0 bridgehead atoms. The van der Waals surface area contributed by atoms with E-state index in [9.17, 15) is 0 Å². The third-order valence-electron chi connectivity index (χ3n) is 0.331. The molecular formula is C3H7N3O. The van der Waals surface area contributed by atoms with E-state index < -0.39 is 0 Å². The van der Waals surface area contributed by atoms with E-state index >= 15 is 0 Å². The lowest BCUT2D eigenvalue weighted by molar-refractivity contribution is 0.399. The summed E-state index contributed by atoms with van der Waals surface area (Å²) < 4.78 is 0. The Morgan fingerprint density at radius 3 is 2.43 bits per heavy atom. The van der Waals surface area contributed by atoms with Gasteiger partial charge in [-0.25, -0.2) is 0 Å². The molecule has 0 aliphatic carbocycles. The smallest absolute Gasteiger partial charge is 0.0690 e. The van der Waals surface area contributed by atoms with Crippen LogP contribution < -0.4 is 0 Å². The Hall–Kier alpha value is -0.900. The second-order valence-electron chi connectivity index (χ2n) is 0.660. The molecule has 0 atom stereocenters. The Balaban J connectivity index is 0.000000162. The van der Waals surface area contributed by atoms with Crippen molar-refractivity contribution in [2.75, 3.05) is 7.11 Å². The zero-order valence-electron chi connectivity index (χ0n) is 4.00. The Bertz CT molecular complexity index is 66.7. The number of nitrogens with one attached hydrogen (secondary N) is 1. The maximum absolute atomic E-state index is 7.00. The molecule has 1 rings (SSSR count). The molecule has 0 aliphatic rings. The lowest BCUT2D eigenvalue weighted by Gasteiger charge is -1.46. The zero-order chi connectivity index (χ0) is 5.54. The van der Waals surface area contributed by atoms with E-state index in [1.165, 1.54) is 0 Å². The Morgan fingerprint density at radius 1 is 1.57 bits per heavy atom. The predicted octanol–water partition coefficient (Wildman–Crippen LogP) is -0.587. The Kier molecular flexibility index (Phi) is 4.44. The molecule has 0 spiro atoms. The van der Waals surface area contributed by atoms with Gasteiger partial charge in [0.05, 0.1) is 6.20 Å². The molecule has 40 valence electrons. The standard InChI is InChI=1S/C2H3N3.CH4O/c1-2-4-5-3-1;1-2/h1-2H,(H,3,4,5);2H,1H3. The van der Waals surface area contributed by atoms with Crippen molar-refractivity contribution in [1.29, 1.82) is 0 Å². The van der Waals surface area contributed by atoms with Crippen molar-refractivity contribution >= 4 is 0 Å². The topological polar surface area (TPSA) is 61.8 Å². The molecule has 1 aromatic rings. The number of hydrogen-bond donors (Lipinski definition) is 2. The van der Waals surface area contributed by atoms with Crippen LogP contribution in [0.5, 0.6) is 0 Å². The van der Waals surface area contributed by atoms with Crippen LogP contribution in [0.3, 0.4) is 0 Å². The third-order valence-corrected chi connectivity index (χ3v) is 0.331. The van der Waals surface area contributed by atoms with Gasteiger partial charge in [0.1, 0.15) is 0 Å². The van der Waals surface area contributed by atoms with Gasteiger partial charge in [-0.05, 0) is 0 Å². The summed E-state index contributed by atoms with van der Waals surface area (Å²) in [5.74, 6) is 0. The molecule has 0 saturated heterocycles. The summed E-state index contributed by atoms with van der Waals surface area (Å²) in [5, 5.41) is 16.3. The maximum Gasteiger partial charge on any atom is 0.0690 e. The van der Waals surface area contributed by atoms with Gasteiger partial charge in [0.25, 0.3) is 0 Å². The van der Waals surface area contributed by atoms with Crippen LogP contribution in [0.25, 0.3) is 0 Å². The zero-order valence-corrected chi connectivity index (χ0v) is 4.00. The van der Waals surface area contributed by atoms with E-state index in [1.807, 2.05) is 0 Å². The number of aliphatic hydroxyl groups excluding tert-OH is 1. The van der Waals surface area contributed by atoms with E-state index in [4.69, 9.17) is 5.11 Å². The second kappa shape index (κ2) is 5.10. The quantitative estimate of drug-likeness (QED) is 0.459. The SMILES string of the molecule is CO.c1c[nH]nn1. The molecule has 0 saturated carbocycles. The van der Waals surface area contributed by atoms with Crippen molar-refractivity contribution in [2.45, 2.75) is 0 Å². The largest absolute Gasteiger partial charge is 0.400 e. The highest BCUT2D eigenvalue weighted by Gasteiger charge is 1.57. The molecule has 0 fully saturated rings. The van der Waals surface area contributed by atoms with Crippen LogP contribution in [0.4, 0.5) is 0 Å². The molecule has 2 N–H and O–H groups in total. The molecule has 0 radical (unpaired) electrons. The number of hydrogen-bond acceptors (Lipinski definition) is 3.